The Kier molecular flexibility index (Phi) is 5.54. The minimum absolute atomic E-state index is 0.0875. The van der Waals surface area contributed by atoms with Crippen molar-refractivity contribution in [2.45, 2.75) is 70.7 Å². The van der Waals surface area contributed by atoms with Crippen LogP contribution in [0.4, 0.5) is 0 Å². The van der Waals surface area contributed by atoms with Gasteiger partial charge < -0.3 is 15.3 Å². The van der Waals surface area contributed by atoms with Gasteiger partial charge in [0.15, 0.2) is 5.82 Å². The molecule has 3 aromatic heterocycles. The van der Waals surface area contributed by atoms with Crippen molar-refractivity contribution >= 4 is 17.6 Å². The van der Waals surface area contributed by atoms with Gasteiger partial charge in [-0.15, -0.1) is 10.2 Å². The smallest absolute Gasteiger partial charge is 0.252 e. The summed E-state index contributed by atoms with van der Waals surface area (Å²) in [5, 5.41) is 26.0. The number of likely N-dealkylation sites (tertiary alicyclic amines) is 1. The Bertz CT molecular complexity index is 1180. The second-order valence-corrected chi connectivity index (χ2v) is 10.2. The van der Waals surface area contributed by atoms with Crippen molar-refractivity contribution in [3.63, 3.8) is 0 Å². The van der Waals surface area contributed by atoms with E-state index in [-0.39, 0.29) is 31.3 Å². The lowest BCUT2D eigenvalue weighted by molar-refractivity contribution is -0.144. The molecule has 0 spiro atoms. The Morgan fingerprint density at radius 3 is 2.79 bits per heavy atom. The van der Waals surface area contributed by atoms with Crippen molar-refractivity contribution in [3.05, 3.63) is 36.2 Å². The lowest BCUT2D eigenvalue weighted by Crippen LogP contribution is -2.50. The third-order valence-corrected chi connectivity index (χ3v) is 6.29. The number of nitrogens with one attached hydrogen (secondary N) is 1. The number of aliphatic hydroxyl groups is 1. The van der Waals surface area contributed by atoms with Crippen LogP contribution < -0.4 is 5.32 Å². The molecule has 1 aliphatic carbocycles. The standard InChI is InChI=1S/C22H29N9O3/c1-22(2,3)18(31-12-15(26-28-31)13-5-6-13)20(34)29-11-14(32)9-16(29)19(33)24-10-17-25-21-23-7-4-8-30(21)27-17/h4,7-8,12-14,16,18,32H,5-6,9-11H2,1-3H3,(H,24,33)/t14-,16+,18-/m1/s1. The average molecular weight is 468 g/mol. The highest BCUT2D eigenvalue weighted by atomic mass is 16.3. The molecule has 5 rings (SSSR count). The van der Waals surface area contributed by atoms with Gasteiger partial charge in [-0.05, 0) is 24.3 Å². The highest BCUT2D eigenvalue weighted by molar-refractivity contribution is 5.90. The van der Waals surface area contributed by atoms with Crippen LogP contribution in [0.3, 0.4) is 0 Å². The molecule has 1 aliphatic heterocycles. The van der Waals surface area contributed by atoms with Crippen LogP contribution in [0, 0.1) is 5.41 Å². The van der Waals surface area contributed by atoms with Gasteiger partial charge in [0.1, 0.15) is 12.1 Å². The predicted octanol–water partition coefficient (Wildman–Crippen LogP) is 0.459. The van der Waals surface area contributed by atoms with Crippen molar-refractivity contribution in [3.8, 4) is 0 Å². The molecule has 0 radical (unpaired) electrons. The summed E-state index contributed by atoms with van der Waals surface area (Å²) in [5.74, 6) is 0.644. The maximum atomic E-state index is 13.7. The lowest BCUT2D eigenvalue weighted by Gasteiger charge is -2.34. The summed E-state index contributed by atoms with van der Waals surface area (Å²) in [5.41, 5.74) is 0.417. The second kappa shape index (κ2) is 8.42. The first kappa shape index (κ1) is 22.4. The van der Waals surface area contributed by atoms with E-state index in [1.54, 1.807) is 23.1 Å². The molecule has 3 atom stereocenters. The van der Waals surface area contributed by atoms with Crippen LogP contribution in [-0.2, 0) is 16.1 Å². The molecule has 12 heteroatoms. The molecular weight excluding hydrogens is 438 g/mol. The van der Waals surface area contributed by atoms with Crippen LogP contribution in [0.2, 0.25) is 0 Å². The number of amides is 2. The van der Waals surface area contributed by atoms with Crippen LogP contribution in [-0.4, -0.2) is 75.1 Å². The average Bonchev–Trinajstić information content (AvgIpc) is 3.18. The van der Waals surface area contributed by atoms with E-state index in [1.807, 2.05) is 27.0 Å². The summed E-state index contributed by atoms with van der Waals surface area (Å²) in [4.78, 5) is 36.7. The Balaban J connectivity index is 1.32. The van der Waals surface area contributed by atoms with E-state index >= 15 is 0 Å². The maximum Gasteiger partial charge on any atom is 0.252 e. The first-order valence-corrected chi connectivity index (χ1v) is 11.5. The van der Waals surface area contributed by atoms with Crippen molar-refractivity contribution < 1.29 is 14.7 Å². The predicted molar refractivity (Wildman–Crippen MR) is 119 cm³/mol. The van der Waals surface area contributed by atoms with Gasteiger partial charge in [-0.2, -0.15) is 4.98 Å². The number of hydrogen-bond donors (Lipinski definition) is 2. The Labute approximate surface area is 196 Å². The van der Waals surface area contributed by atoms with Gasteiger partial charge in [-0.3, -0.25) is 9.59 Å². The highest BCUT2D eigenvalue weighted by Gasteiger charge is 2.45. The number of fused-ring (bicyclic) bond motifs is 1. The normalized spacial score (nSPS) is 21.7. The lowest BCUT2D eigenvalue weighted by atomic mass is 9.85. The number of aliphatic hydroxyl groups excluding tert-OH is 1. The molecule has 2 aliphatic rings. The van der Waals surface area contributed by atoms with Gasteiger partial charge in [0.05, 0.1) is 18.3 Å². The SMILES string of the molecule is CC(C)(C)[C@@H](C(=O)N1C[C@H](O)C[C@H]1C(=O)NCc1nc2ncccn2n1)n1cc(C2CC2)nn1. The van der Waals surface area contributed by atoms with Crippen LogP contribution in [0.15, 0.2) is 24.7 Å². The third-order valence-electron chi connectivity index (χ3n) is 6.29. The molecule has 0 bridgehead atoms. The number of carbonyl (C=O) groups is 2. The van der Waals surface area contributed by atoms with E-state index in [0.717, 1.165) is 18.5 Å². The Hall–Kier alpha value is -3.41. The van der Waals surface area contributed by atoms with Crippen molar-refractivity contribution in [1.29, 1.82) is 0 Å². The van der Waals surface area contributed by atoms with Crippen LogP contribution >= 0.6 is 0 Å². The number of hydrogen-bond acceptors (Lipinski definition) is 8. The zero-order valence-corrected chi connectivity index (χ0v) is 19.5. The summed E-state index contributed by atoms with van der Waals surface area (Å²) >= 11 is 0. The summed E-state index contributed by atoms with van der Waals surface area (Å²) < 4.78 is 3.14. The quantitative estimate of drug-likeness (QED) is 0.532. The zero-order valence-electron chi connectivity index (χ0n) is 19.5. The molecule has 34 heavy (non-hydrogen) atoms. The molecule has 0 aromatic carbocycles. The fraction of sp³-hybridized carbons (Fsp3) is 0.591. The van der Waals surface area contributed by atoms with E-state index in [4.69, 9.17) is 0 Å². The van der Waals surface area contributed by atoms with Crippen LogP contribution in [0.25, 0.3) is 5.78 Å². The fourth-order valence-corrected chi connectivity index (χ4v) is 4.46. The maximum absolute atomic E-state index is 13.7. The number of carbonyl (C=O) groups excluding carboxylic acids is 2. The monoisotopic (exact) mass is 467 g/mol. The highest BCUT2D eigenvalue weighted by Crippen LogP contribution is 2.40. The minimum atomic E-state index is -0.797. The van der Waals surface area contributed by atoms with Gasteiger partial charge in [0, 0.05) is 37.5 Å². The topological polar surface area (TPSA) is 143 Å². The molecule has 0 unspecified atom stereocenters. The van der Waals surface area contributed by atoms with Gasteiger partial charge in [-0.1, -0.05) is 26.0 Å². The first-order valence-electron chi connectivity index (χ1n) is 11.5. The van der Waals surface area contributed by atoms with Crippen LogP contribution in [0.1, 0.15) is 63.5 Å². The van der Waals surface area contributed by atoms with E-state index in [1.165, 1.54) is 9.42 Å². The summed E-state index contributed by atoms with van der Waals surface area (Å²) in [6, 6.07) is 0.287. The van der Waals surface area contributed by atoms with Crippen LogP contribution in [0.5, 0.6) is 0 Å². The number of rotatable bonds is 6. The molecule has 180 valence electrons. The molecule has 1 saturated carbocycles. The molecule has 2 amide bonds. The first-order chi connectivity index (χ1) is 16.2. The molecule has 1 saturated heterocycles. The molecule has 3 aromatic rings. The summed E-state index contributed by atoms with van der Waals surface area (Å²) in [6.45, 7) is 6.05. The number of aromatic nitrogens is 7. The molecule has 2 N–H and O–H groups in total. The molecule has 2 fully saturated rings. The van der Waals surface area contributed by atoms with Gasteiger partial charge in [-0.25, -0.2) is 14.2 Å². The third kappa shape index (κ3) is 4.37. The molecular formula is C22H29N9O3. The van der Waals surface area contributed by atoms with Crippen molar-refractivity contribution in [1.82, 2.24) is 44.8 Å². The van der Waals surface area contributed by atoms with E-state index < -0.39 is 23.6 Å². The summed E-state index contributed by atoms with van der Waals surface area (Å²) in [6.07, 6.45) is 6.74. The Morgan fingerprint density at radius 1 is 1.29 bits per heavy atom. The van der Waals surface area contributed by atoms with Gasteiger partial charge in [0.25, 0.3) is 5.78 Å². The fourth-order valence-electron chi connectivity index (χ4n) is 4.46. The van der Waals surface area contributed by atoms with E-state index in [2.05, 4.69) is 30.7 Å². The number of β-amino-alcohol motifs (C(OH)–C–C–N with tert-alkyl or cyclic N) is 1. The molecule has 12 nitrogen and oxygen atoms in total. The summed E-state index contributed by atoms with van der Waals surface area (Å²) in [7, 11) is 0. The number of nitrogens with zero attached hydrogens (tertiary/aromatic N) is 8. The van der Waals surface area contributed by atoms with Crippen molar-refractivity contribution in [2.75, 3.05) is 6.54 Å². The van der Waals surface area contributed by atoms with Gasteiger partial charge >= 0.3 is 0 Å². The van der Waals surface area contributed by atoms with E-state index in [9.17, 15) is 14.7 Å². The largest absolute Gasteiger partial charge is 0.391 e. The molecule has 4 heterocycles. The van der Waals surface area contributed by atoms with Gasteiger partial charge in [0.2, 0.25) is 11.8 Å². The second-order valence-electron chi connectivity index (χ2n) is 10.2. The van der Waals surface area contributed by atoms with Crippen molar-refractivity contribution in [2.24, 2.45) is 5.41 Å². The zero-order chi connectivity index (χ0) is 24.0. The minimum Gasteiger partial charge on any atom is -0.391 e. The van der Waals surface area contributed by atoms with E-state index in [0.29, 0.717) is 17.5 Å². The Morgan fingerprint density at radius 2 is 2.09 bits per heavy atom.